The van der Waals surface area contributed by atoms with Crippen LogP contribution < -0.4 is 15.5 Å². The van der Waals surface area contributed by atoms with Gasteiger partial charge in [0.05, 0.1) is 6.42 Å². The zero-order valence-corrected chi connectivity index (χ0v) is 13.3. The maximum absolute atomic E-state index is 12.3. The number of allylic oxidation sites excluding steroid dienone is 1. The Kier molecular flexibility index (Phi) is 4.82. The van der Waals surface area contributed by atoms with Gasteiger partial charge >= 0.3 is 12.0 Å². The van der Waals surface area contributed by atoms with Gasteiger partial charge in [0.2, 0.25) is 23.6 Å². The number of imide groups is 2. The smallest absolute Gasteiger partial charge is 0.333 e. The van der Waals surface area contributed by atoms with E-state index < -0.39 is 53.3 Å². The lowest BCUT2D eigenvalue weighted by Crippen LogP contribution is -2.64. The summed E-state index contributed by atoms with van der Waals surface area (Å²) in [4.78, 5) is 52.7. The molecule has 2 heterocycles. The molecule has 1 aliphatic heterocycles. The number of aromatic hydroxyl groups is 2. The molecular formula is C15H17N3O7. The third-order valence-corrected chi connectivity index (χ3v) is 4.04. The summed E-state index contributed by atoms with van der Waals surface area (Å²) in [6, 6.07) is 1.28. The molecule has 25 heavy (non-hydrogen) atoms. The Morgan fingerprint density at radius 2 is 1.80 bits per heavy atom. The number of nitrogens with zero attached hydrogens (tertiary/aromatic N) is 1. The van der Waals surface area contributed by atoms with Gasteiger partial charge in [-0.2, -0.15) is 0 Å². The van der Waals surface area contributed by atoms with Gasteiger partial charge in [-0.25, -0.2) is 9.59 Å². The standard InChI is InChI=1S/C15H17N3O7/c1-3-6-15(12(22)16-14(24)17-13(15)23)8(2)7-11(21)25-18-9(19)4-5-10(18)20/h3-5,8,19-20H,1,6-7H2,2H3,(H2,16,17,22,23,24). The highest BCUT2D eigenvalue weighted by molar-refractivity contribution is 6.19. The van der Waals surface area contributed by atoms with Gasteiger partial charge in [-0.1, -0.05) is 13.0 Å². The average molecular weight is 351 g/mol. The molecule has 134 valence electrons. The second-order valence-electron chi connectivity index (χ2n) is 5.61. The van der Waals surface area contributed by atoms with Gasteiger partial charge < -0.3 is 15.1 Å². The molecule has 0 bridgehead atoms. The molecule has 10 nitrogen and oxygen atoms in total. The first-order chi connectivity index (χ1) is 11.7. The van der Waals surface area contributed by atoms with Crippen LogP contribution in [0.3, 0.4) is 0 Å². The molecule has 1 unspecified atom stereocenters. The molecule has 0 aliphatic carbocycles. The predicted octanol–water partition coefficient (Wildman–Crippen LogP) is -0.191. The molecule has 0 aromatic carbocycles. The topological polar surface area (TPSA) is 147 Å². The van der Waals surface area contributed by atoms with Crippen molar-refractivity contribution in [3.05, 3.63) is 24.8 Å². The number of barbiturate groups is 1. The maximum Gasteiger partial charge on any atom is 0.333 e. The predicted molar refractivity (Wildman–Crippen MR) is 82.1 cm³/mol. The van der Waals surface area contributed by atoms with Crippen LogP contribution in [0.5, 0.6) is 11.8 Å². The van der Waals surface area contributed by atoms with E-state index in [0.717, 1.165) is 12.1 Å². The van der Waals surface area contributed by atoms with E-state index in [9.17, 15) is 29.4 Å². The minimum absolute atomic E-state index is 0.105. The molecule has 0 radical (unpaired) electrons. The summed E-state index contributed by atoms with van der Waals surface area (Å²) in [5.41, 5.74) is -1.71. The van der Waals surface area contributed by atoms with Gasteiger partial charge in [-0.3, -0.25) is 20.2 Å². The fraction of sp³-hybridized carbons (Fsp3) is 0.333. The number of hydrogen-bond acceptors (Lipinski definition) is 7. The molecule has 1 aromatic heterocycles. The molecule has 4 amide bonds. The van der Waals surface area contributed by atoms with E-state index in [1.807, 2.05) is 10.6 Å². The molecule has 4 N–H and O–H groups in total. The lowest BCUT2D eigenvalue weighted by molar-refractivity contribution is -0.152. The molecule has 1 aliphatic rings. The summed E-state index contributed by atoms with van der Waals surface area (Å²) < 4.78 is 0.500. The van der Waals surface area contributed by atoms with Gasteiger partial charge in [0, 0.05) is 12.1 Å². The highest BCUT2D eigenvalue weighted by Crippen LogP contribution is 2.37. The van der Waals surface area contributed by atoms with Crippen molar-refractivity contribution in [3.63, 3.8) is 0 Å². The van der Waals surface area contributed by atoms with Crippen molar-refractivity contribution in [3.8, 4) is 11.8 Å². The summed E-state index contributed by atoms with van der Waals surface area (Å²) in [6.45, 7) is 4.97. The Morgan fingerprint density at radius 3 is 2.28 bits per heavy atom. The van der Waals surface area contributed by atoms with Crippen LogP contribution >= 0.6 is 0 Å². The fourth-order valence-corrected chi connectivity index (χ4v) is 2.68. The Morgan fingerprint density at radius 1 is 1.28 bits per heavy atom. The van der Waals surface area contributed by atoms with Crippen LogP contribution in [-0.4, -0.2) is 38.8 Å². The van der Waals surface area contributed by atoms with Crippen LogP contribution in [0.2, 0.25) is 0 Å². The Bertz CT molecular complexity index is 713. The van der Waals surface area contributed by atoms with Gasteiger partial charge in [0.1, 0.15) is 5.41 Å². The van der Waals surface area contributed by atoms with Gasteiger partial charge in [-0.15, -0.1) is 11.3 Å². The lowest BCUT2D eigenvalue weighted by atomic mass is 9.70. The lowest BCUT2D eigenvalue weighted by Gasteiger charge is -2.37. The number of hydrogen-bond donors (Lipinski definition) is 4. The second kappa shape index (κ2) is 6.67. The normalized spacial score (nSPS) is 17.4. The van der Waals surface area contributed by atoms with E-state index in [4.69, 9.17) is 4.84 Å². The minimum atomic E-state index is -1.71. The number of carbonyl (C=O) groups excluding carboxylic acids is 4. The van der Waals surface area contributed by atoms with Crippen LogP contribution in [0.15, 0.2) is 24.8 Å². The summed E-state index contributed by atoms with van der Waals surface area (Å²) in [7, 11) is 0. The SMILES string of the molecule is C=CCC1(C(C)CC(=O)On2c(O)ccc2O)C(=O)NC(=O)NC1=O. The van der Waals surface area contributed by atoms with Crippen molar-refractivity contribution in [1.82, 2.24) is 15.4 Å². The molecule has 1 saturated heterocycles. The zero-order valence-electron chi connectivity index (χ0n) is 13.3. The van der Waals surface area contributed by atoms with Crippen molar-refractivity contribution in [2.75, 3.05) is 0 Å². The molecular weight excluding hydrogens is 334 g/mol. The van der Waals surface area contributed by atoms with Crippen LogP contribution in [0.1, 0.15) is 19.8 Å². The van der Waals surface area contributed by atoms with E-state index in [0.29, 0.717) is 4.73 Å². The summed E-state index contributed by atoms with van der Waals surface area (Å²) in [5, 5.41) is 22.9. The van der Waals surface area contributed by atoms with E-state index in [1.54, 1.807) is 0 Å². The van der Waals surface area contributed by atoms with Crippen LogP contribution in [0.4, 0.5) is 4.79 Å². The van der Waals surface area contributed by atoms with Crippen molar-refractivity contribution in [1.29, 1.82) is 0 Å². The van der Waals surface area contributed by atoms with E-state index in [2.05, 4.69) is 6.58 Å². The Hall–Kier alpha value is -3.30. The number of aromatic nitrogens is 1. The van der Waals surface area contributed by atoms with Gasteiger partial charge in [0.15, 0.2) is 0 Å². The quantitative estimate of drug-likeness (QED) is 0.410. The fourth-order valence-electron chi connectivity index (χ4n) is 2.68. The van der Waals surface area contributed by atoms with Crippen molar-refractivity contribution < 1.29 is 34.2 Å². The molecule has 0 saturated carbocycles. The van der Waals surface area contributed by atoms with Crippen LogP contribution in [0, 0.1) is 11.3 Å². The highest BCUT2D eigenvalue weighted by Gasteiger charge is 2.53. The molecule has 10 heteroatoms. The first-order valence-corrected chi connectivity index (χ1v) is 7.31. The third-order valence-electron chi connectivity index (χ3n) is 4.04. The number of carbonyl (C=O) groups is 4. The molecule has 1 fully saturated rings. The second-order valence-corrected chi connectivity index (χ2v) is 5.61. The van der Waals surface area contributed by atoms with Crippen molar-refractivity contribution in [2.45, 2.75) is 19.8 Å². The van der Waals surface area contributed by atoms with Crippen molar-refractivity contribution >= 4 is 23.8 Å². The van der Waals surface area contributed by atoms with E-state index >= 15 is 0 Å². The first-order valence-electron chi connectivity index (χ1n) is 7.31. The summed E-state index contributed by atoms with van der Waals surface area (Å²) >= 11 is 0. The van der Waals surface area contributed by atoms with Gasteiger partial charge in [0.25, 0.3) is 0 Å². The monoisotopic (exact) mass is 351 g/mol. The highest BCUT2D eigenvalue weighted by atomic mass is 16.7. The third kappa shape index (κ3) is 3.18. The molecule has 1 atom stereocenters. The molecule has 2 rings (SSSR count). The molecule has 0 spiro atoms. The van der Waals surface area contributed by atoms with E-state index in [1.165, 1.54) is 13.0 Å². The summed E-state index contributed by atoms with van der Waals surface area (Å²) in [5.74, 6) is -4.46. The zero-order chi connectivity index (χ0) is 18.8. The van der Waals surface area contributed by atoms with Crippen LogP contribution in [-0.2, 0) is 14.4 Å². The van der Waals surface area contributed by atoms with E-state index in [-0.39, 0.29) is 6.42 Å². The Labute approximate surface area is 142 Å². The summed E-state index contributed by atoms with van der Waals surface area (Å²) in [6.07, 6.45) is 0.826. The first kappa shape index (κ1) is 18.0. The van der Waals surface area contributed by atoms with Crippen LogP contribution in [0.25, 0.3) is 0 Å². The van der Waals surface area contributed by atoms with Crippen molar-refractivity contribution in [2.24, 2.45) is 11.3 Å². The molecule has 1 aromatic rings. The maximum atomic E-state index is 12.3. The number of nitrogens with one attached hydrogen (secondary N) is 2. The Balaban J connectivity index is 2.20. The number of rotatable bonds is 6. The minimum Gasteiger partial charge on any atom is -0.492 e. The number of urea groups is 1. The largest absolute Gasteiger partial charge is 0.492 e. The number of amides is 4. The average Bonchev–Trinajstić information content (AvgIpc) is 2.82. The van der Waals surface area contributed by atoms with Gasteiger partial charge in [-0.05, 0) is 12.3 Å².